The van der Waals surface area contributed by atoms with Gasteiger partial charge >= 0.3 is 0 Å². The number of halogens is 1. The van der Waals surface area contributed by atoms with Gasteiger partial charge in [0, 0.05) is 17.7 Å². The average molecular weight is 426 g/mol. The Morgan fingerprint density at radius 3 is 2.61 bits per heavy atom. The van der Waals surface area contributed by atoms with Crippen LogP contribution in [0.3, 0.4) is 0 Å². The van der Waals surface area contributed by atoms with Crippen LogP contribution < -0.4 is 4.74 Å². The molecule has 3 aromatic rings. The first-order valence-corrected chi connectivity index (χ1v) is 10.6. The minimum atomic E-state index is -0.747. The molecule has 2 saturated heterocycles. The maximum atomic E-state index is 14.8. The molecule has 1 saturated carbocycles. The Morgan fingerprint density at radius 1 is 1.10 bits per heavy atom. The molecule has 3 fully saturated rings. The number of aliphatic hydroxyl groups excluding tert-OH is 1. The molecule has 162 valence electrons. The summed E-state index contributed by atoms with van der Waals surface area (Å²) in [5, 5.41) is 20.4. The van der Waals surface area contributed by atoms with Crippen molar-refractivity contribution in [3.63, 3.8) is 0 Å². The maximum absolute atomic E-state index is 14.8. The number of aromatic amines is 1. The number of aliphatic hydroxyl groups is 2. The van der Waals surface area contributed by atoms with Crippen molar-refractivity contribution >= 4 is 11.0 Å². The molecule has 8 heteroatoms. The van der Waals surface area contributed by atoms with Gasteiger partial charge in [0.15, 0.2) is 17.8 Å². The standard InChI is InChI=1S/C23H23FN2O5/c24-14-8-15-16(9-19(25-15)31-18-11-30-21-17(27)10-29-22(18)21)26-20(14)12-2-4-13(5-3-12)23(28)6-1-7-23/h2-5,8-9,17-18,21-22,25,27-28H,1,6-7,10-11H2/t17-,18-,21-,22-/m1/s1. The summed E-state index contributed by atoms with van der Waals surface area (Å²) >= 11 is 0. The maximum Gasteiger partial charge on any atom is 0.193 e. The van der Waals surface area contributed by atoms with Gasteiger partial charge in [0.25, 0.3) is 0 Å². The highest BCUT2D eigenvalue weighted by molar-refractivity contribution is 5.80. The molecule has 1 aromatic carbocycles. The van der Waals surface area contributed by atoms with E-state index in [9.17, 15) is 14.6 Å². The van der Waals surface area contributed by atoms with Gasteiger partial charge in [-0.2, -0.15) is 0 Å². The van der Waals surface area contributed by atoms with E-state index in [1.165, 1.54) is 6.07 Å². The second kappa shape index (κ2) is 7.00. The van der Waals surface area contributed by atoms with Crippen molar-refractivity contribution in [2.75, 3.05) is 13.2 Å². The van der Waals surface area contributed by atoms with Crippen LogP contribution in [0, 0.1) is 5.82 Å². The van der Waals surface area contributed by atoms with Crippen molar-refractivity contribution in [3.8, 4) is 17.1 Å². The lowest BCUT2D eigenvalue weighted by Crippen LogP contribution is -2.34. The Morgan fingerprint density at radius 2 is 1.87 bits per heavy atom. The molecule has 3 N–H and O–H groups in total. The summed E-state index contributed by atoms with van der Waals surface area (Å²) in [4.78, 5) is 7.54. The number of ether oxygens (including phenoxy) is 3. The molecule has 2 aromatic heterocycles. The van der Waals surface area contributed by atoms with Crippen LogP contribution in [0.5, 0.6) is 5.88 Å². The van der Waals surface area contributed by atoms with Crippen LogP contribution in [0.15, 0.2) is 36.4 Å². The van der Waals surface area contributed by atoms with E-state index in [2.05, 4.69) is 9.97 Å². The third-order valence-corrected chi connectivity index (χ3v) is 6.67. The van der Waals surface area contributed by atoms with E-state index in [-0.39, 0.29) is 30.6 Å². The number of H-pyrrole nitrogens is 1. The monoisotopic (exact) mass is 426 g/mol. The zero-order valence-corrected chi connectivity index (χ0v) is 16.8. The molecular weight excluding hydrogens is 403 g/mol. The van der Waals surface area contributed by atoms with E-state index in [0.29, 0.717) is 29.1 Å². The van der Waals surface area contributed by atoms with Gasteiger partial charge in [-0.3, -0.25) is 0 Å². The number of nitrogens with one attached hydrogen (secondary N) is 1. The third kappa shape index (κ3) is 3.13. The smallest absolute Gasteiger partial charge is 0.193 e. The van der Waals surface area contributed by atoms with E-state index in [1.807, 2.05) is 12.1 Å². The topological polar surface area (TPSA) is 96.8 Å². The largest absolute Gasteiger partial charge is 0.470 e. The summed E-state index contributed by atoms with van der Waals surface area (Å²) in [7, 11) is 0. The molecule has 7 nitrogen and oxygen atoms in total. The molecule has 3 aliphatic rings. The summed E-state index contributed by atoms with van der Waals surface area (Å²) in [6.07, 6.45) is 0.830. The molecule has 0 spiro atoms. The van der Waals surface area contributed by atoms with Crippen LogP contribution in [0.25, 0.3) is 22.3 Å². The quantitative estimate of drug-likeness (QED) is 0.594. The van der Waals surface area contributed by atoms with Gasteiger partial charge in [-0.1, -0.05) is 24.3 Å². The van der Waals surface area contributed by atoms with Crippen molar-refractivity contribution in [1.29, 1.82) is 0 Å². The number of rotatable bonds is 4. The lowest BCUT2D eigenvalue weighted by atomic mass is 9.75. The summed E-state index contributed by atoms with van der Waals surface area (Å²) < 4.78 is 31.9. The van der Waals surface area contributed by atoms with E-state index in [0.717, 1.165) is 24.8 Å². The minimum absolute atomic E-state index is 0.230. The van der Waals surface area contributed by atoms with Crippen LogP contribution in [-0.4, -0.2) is 57.8 Å². The predicted octanol–water partition coefficient (Wildman–Crippen LogP) is 2.65. The zero-order chi connectivity index (χ0) is 21.2. The van der Waals surface area contributed by atoms with Gasteiger partial charge < -0.3 is 29.4 Å². The molecule has 31 heavy (non-hydrogen) atoms. The number of nitrogens with zero attached hydrogens (tertiary/aromatic N) is 1. The molecule has 0 radical (unpaired) electrons. The number of pyridine rings is 1. The number of benzene rings is 1. The Bertz CT molecular complexity index is 1130. The summed E-state index contributed by atoms with van der Waals surface area (Å²) in [6, 6.07) is 10.4. The van der Waals surface area contributed by atoms with Gasteiger partial charge in [-0.15, -0.1) is 0 Å². The first-order valence-electron chi connectivity index (χ1n) is 10.6. The molecule has 0 unspecified atom stereocenters. The minimum Gasteiger partial charge on any atom is -0.470 e. The Hall–Kier alpha value is -2.52. The molecule has 4 heterocycles. The Kier molecular flexibility index (Phi) is 4.33. The molecule has 4 atom stereocenters. The molecule has 0 bridgehead atoms. The van der Waals surface area contributed by atoms with Gasteiger partial charge in [0.05, 0.1) is 29.8 Å². The SMILES string of the molecule is O[C@@H]1CO[C@H]2[C@@H]1OC[C@H]2Oc1cc2nc(-c3ccc(C4(O)CCC4)cc3)c(F)cc2[nH]1. The van der Waals surface area contributed by atoms with Crippen LogP contribution in [-0.2, 0) is 15.1 Å². The molecule has 1 aliphatic carbocycles. The van der Waals surface area contributed by atoms with E-state index < -0.39 is 17.5 Å². The number of fused-ring (bicyclic) bond motifs is 2. The average Bonchev–Trinajstić information content (AvgIpc) is 3.43. The van der Waals surface area contributed by atoms with Gasteiger partial charge in [-0.05, 0) is 24.8 Å². The third-order valence-electron chi connectivity index (χ3n) is 6.67. The number of hydrogen-bond donors (Lipinski definition) is 3. The van der Waals surface area contributed by atoms with Gasteiger partial charge in [-0.25, -0.2) is 9.37 Å². The first-order chi connectivity index (χ1) is 15.0. The van der Waals surface area contributed by atoms with Crippen molar-refractivity contribution in [3.05, 3.63) is 47.8 Å². The highest BCUT2D eigenvalue weighted by atomic mass is 19.1. The molecular formula is C23H23FN2O5. The van der Waals surface area contributed by atoms with Crippen LogP contribution in [0.2, 0.25) is 0 Å². The lowest BCUT2D eigenvalue weighted by Gasteiger charge is -2.37. The number of aromatic nitrogens is 2. The fourth-order valence-electron chi connectivity index (χ4n) is 4.72. The first kappa shape index (κ1) is 19.2. The van der Waals surface area contributed by atoms with Crippen LogP contribution in [0.4, 0.5) is 4.39 Å². The molecule has 6 rings (SSSR count). The summed E-state index contributed by atoms with van der Waals surface area (Å²) in [6.45, 7) is 0.543. The summed E-state index contributed by atoms with van der Waals surface area (Å²) in [5.41, 5.74) is 2.11. The van der Waals surface area contributed by atoms with Crippen molar-refractivity contribution in [2.45, 2.75) is 49.3 Å². The zero-order valence-electron chi connectivity index (χ0n) is 16.8. The highest BCUT2D eigenvalue weighted by Gasteiger charge is 2.48. The lowest BCUT2D eigenvalue weighted by molar-refractivity contribution is -0.0387. The second-order valence-electron chi connectivity index (χ2n) is 8.67. The predicted molar refractivity (Wildman–Crippen MR) is 109 cm³/mol. The number of hydrogen-bond acceptors (Lipinski definition) is 6. The van der Waals surface area contributed by atoms with Crippen molar-refractivity contribution in [1.82, 2.24) is 9.97 Å². The van der Waals surface area contributed by atoms with Crippen LogP contribution in [0.1, 0.15) is 24.8 Å². The molecule has 2 aliphatic heterocycles. The Labute approximate surface area is 177 Å². The normalized spacial score (nSPS) is 29.1. The molecule has 0 amide bonds. The summed E-state index contributed by atoms with van der Waals surface area (Å²) in [5.74, 6) is 0.00311. The second-order valence-corrected chi connectivity index (χ2v) is 8.67. The van der Waals surface area contributed by atoms with Crippen LogP contribution >= 0.6 is 0 Å². The van der Waals surface area contributed by atoms with Gasteiger partial charge in [0.2, 0.25) is 0 Å². The van der Waals surface area contributed by atoms with E-state index >= 15 is 0 Å². The van der Waals surface area contributed by atoms with Crippen molar-refractivity contribution < 1.29 is 28.8 Å². The van der Waals surface area contributed by atoms with E-state index in [4.69, 9.17) is 14.2 Å². The highest BCUT2D eigenvalue weighted by Crippen LogP contribution is 2.41. The fourth-order valence-corrected chi connectivity index (χ4v) is 4.72. The van der Waals surface area contributed by atoms with Crippen molar-refractivity contribution in [2.24, 2.45) is 0 Å². The van der Waals surface area contributed by atoms with E-state index in [1.54, 1.807) is 18.2 Å². The van der Waals surface area contributed by atoms with Gasteiger partial charge in [0.1, 0.15) is 24.0 Å². The fraction of sp³-hybridized carbons (Fsp3) is 0.435. The Balaban J connectivity index is 1.26.